The monoisotopic (exact) mass is 414 g/mol. The number of methoxy groups -OCH3 is 1. The number of pyridine rings is 1. The molecular formula is C17H17F3N4O3S. The fourth-order valence-corrected chi connectivity index (χ4v) is 3.73. The van der Waals surface area contributed by atoms with Gasteiger partial charge in [0, 0.05) is 19.3 Å². The van der Waals surface area contributed by atoms with E-state index in [4.69, 9.17) is 0 Å². The van der Waals surface area contributed by atoms with Crippen LogP contribution in [0.2, 0.25) is 0 Å². The van der Waals surface area contributed by atoms with Crippen LogP contribution in [-0.2, 0) is 15.7 Å². The summed E-state index contributed by atoms with van der Waals surface area (Å²) in [7, 11) is 1.24. The van der Waals surface area contributed by atoms with Gasteiger partial charge in [-0.25, -0.2) is 14.8 Å². The minimum Gasteiger partial charge on any atom is -0.465 e. The number of amides is 1. The van der Waals surface area contributed by atoms with Gasteiger partial charge in [0.2, 0.25) is 5.91 Å². The van der Waals surface area contributed by atoms with Gasteiger partial charge in [-0.05, 0) is 25.0 Å². The molecule has 150 valence electrons. The van der Waals surface area contributed by atoms with Gasteiger partial charge < -0.3 is 15.0 Å². The van der Waals surface area contributed by atoms with Crippen LogP contribution in [0.1, 0.15) is 28.1 Å². The molecule has 0 aromatic carbocycles. The number of halogens is 3. The first kappa shape index (κ1) is 20.1. The van der Waals surface area contributed by atoms with Crippen LogP contribution in [0.15, 0.2) is 24.5 Å². The molecule has 1 amide bonds. The van der Waals surface area contributed by atoms with Gasteiger partial charge in [-0.15, -0.1) is 0 Å². The molecule has 0 aliphatic carbocycles. The number of piperidine rings is 1. The lowest BCUT2D eigenvalue weighted by atomic mass is 9.97. The van der Waals surface area contributed by atoms with Crippen molar-refractivity contribution in [3.8, 4) is 0 Å². The lowest BCUT2D eigenvalue weighted by Crippen LogP contribution is -2.41. The second kappa shape index (κ2) is 8.13. The minimum atomic E-state index is -4.52. The van der Waals surface area contributed by atoms with Crippen molar-refractivity contribution < 1.29 is 27.5 Å². The molecule has 1 aliphatic heterocycles. The lowest BCUT2D eigenvalue weighted by molar-refractivity contribution is -0.137. The Labute approximate surface area is 162 Å². The number of aromatic nitrogens is 2. The first-order valence-corrected chi connectivity index (χ1v) is 9.23. The van der Waals surface area contributed by atoms with E-state index in [1.165, 1.54) is 30.5 Å². The van der Waals surface area contributed by atoms with Crippen LogP contribution in [0.5, 0.6) is 0 Å². The fourth-order valence-electron chi connectivity index (χ4n) is 2.99. The number of alkyl halides is 3. The Bertz CT molecular complexity index is 871. The van der Waals surface area contributed by atoms with Gasteiger partial charge in [0.25, 0.3) is 0 Å². The zero-order valence-electron chi connectivity index (χ0n) is 14.8. The average Bonchev–Trinajstić information content (AvgIpc) is 3.15. The number of carbonyl (C=O) groups excluding carboxylic acids is 2. The Kier molecular flexibility index (Phi) is 5.82. The van der Waals surface area contributed by atoms with E-state index < -0.39 is 23.6 Å². The molecule has 3 heterocycles. The summed E-state index contributed by atoms with van der Waals surface area (Å²) >= 11 is 0.969. The third-order valence-electron chi connectivity index (χ3n) is 4.31. The molecule has 7 nitrogen and oxygen atoms in total. The Morgan fingerprint density at radius 3 is 2.86 bits per heavy atom. The number of rotatable bonds is 4. The maximum atomic E-state index is 13.3. The summed E-state index contributed by atoms with van der Waals surface area (Å²) in [4.78, 5) is 33.6. The summed E-state index contributed by atoms with van der Waals surface area (Å²) in [5.41, 5.74) is -0.821. The van der Waals surface area contributed by atoms with E-state index in [0.717, 1.165) is 17.4 Å². The molecule has 1 unspecified atom stereocenters. The van der Waals surface area contributed by atoms with Crippen LogP contribution in [0, 0.1) is 5.92 Å². The van der Waals surface area contributed by atoms with Crippen LogP contribution < -0.4 is 10.2 Å². The van der Waals surface area contributed by atoms with Crippen LogP contribution >= 0.6 is 11.3 Å². The number of hydrogen-bond donors (Lipinski definition) is 1. The van der Waals surface area contributed by atoms with E-state index in [2.05, 4.69) is 20.0 Å². The predicted octanol–water partition coefficient (Wildman–Crippen LogP) is 3.20. The van der Waals surface area contributed by atoms with Gasteiger partial charge in [-0.1, -0.05) is 11.3 Å². The first-order chi connectivity index (χ1) is 13.3. The van der Waals surface area contributed by atoms with Crippen LogP contribution in [-0.4, -0.2) is 42.0 Å². The van der Waals surface area contributed by atoms with Crippen molar-refractivity contribution >= 4 is 34.2 Å². The van der Waals surface area contributed by atoms with Crippen molar-refractivity contribution in [2.75, 3.05) is 30.4 Å². The molecular weight excluding hydrogens is 397 g/mol. The lowest BCUT2D eigenvalue weighted by Gasteiger charge is -2.34. The highest BCUT2D eigenvalue weighted by molar-refractivity contribution is 7.17. The zero-order valence-corrected chi connectivity index (χ0v) is 15.6. The van der Waals surface area contributed by atoms with Crippen molar-refractivity contribution in [3.63, 3.8) is 0 Å². The molecule has 0 saturated carbocycles. The maximum Gasteiger partial charge on any atom is 0.419 e. The number of thiazole rings is 1. The minimum absolute atomic E-state index is 0.112. The number of ether oxygens (including phenoxy) is 1. The number of hydrogen-bond acceptors (Lipinski definition) is 7. The summed E-state index contributed by atoms with van der Waals surface area (Å²) in [6.07, 6.45) is -0.839. The number of esters is 1. The normalized spacial score (nSPS) is 17.3. The van der Waals surface area contributed by atoms with Crippen LogP contribution in [0.25, 0.3) is 0 Å². The van der Waals surface area contributed by atoms with Gasteiger partial charge >= 0.3 is 12.1 Å². The number of nitrogens with zero attached hydrogens (tertiary/aromatic N) is 3. The smallest absolute Gasteiger partial charge is 0.419 e. The molecule has 0 radical (unpaired) electrons. The van der Waals surface area contributed by atoms with Gasteiger partial charge in [0.15, 0.2) is 5.13 Å². The molecule has 1 saturated heterocycles. The molecule has 28 heavy (non-hydrogen) atoms. The highest BCUT2D eigenvalue weighted by atomic mass is 32.1. The molecule has 1 aliphatic rings. The van der Waals surface area contributed by atoms with Crippen molar-refractivity contribution in [2.24, 2.45) is 5.92 Å². The SMILES string of the molecule is COC(=O)c1cnc(NC(=O)C2CCCN(c3ncccc3C(F)(F)F)C2)s1. The number of nitrogens with one attached hydrogen (secondary N) is 1. The number of carbonyl (C=O) groups is 2. The van der Waals surface area contributed by atoms with Crippen molar-refractivity contribution in [1.82, 2.24) is 9.97 Å². The van der Waals surface area contributed by atoms with Gasteiger partial charge in [-0.3, -0.25) is 4.79 Å². The van der Waals surface area contributed by atoms with Crippen LogP contribution in [0.4, 0.5) is 24.1 Å². The third kappa shape index (κ3) is 4.41. The van der Waals surface area contributed by atoms with Gasteiger partial charge in [-0.2, -0.15) is 13.2 Å². The highest BCUT2D eigenvalue weighted by Gasteiger charge is 2.37. The molecule has 0 bridgehead atoms. The van der Waals surface area contributed by atoms with Crippen LogP contribution in [0.3, 0.4) is 0 Å². The van der Waals surface area contributed by atoms with Gasteiger partial charge in [0.1, 0.15) is 10.7 Å². The summed E-state index contributed by atoms with van der Waals surface area (Å²) in [5, 5.41) is 2.85. The zero-order chi connectivity index (χ0) is 20.3. The standard InChI is InChI=1S/C17H17F3N4O3S/c1-27-15(26)12-8-22-16(28-12)23-14(25)10-4-3-7-24(9-10)13-11(17(18,19)20)5-2-6-21-13/h2,5-6,8,10H,3-4,7,9H2,1H3,(H,22,23,25). The molecule has 2 aromatic rings. The Balaban J connectivity index is 1.71. The summed E-state index contributed by atoms with van der Waals surface area (Å²) < 4.78 is 44.3. The largest absolute Gasteiger partial charge is 0.465 e. The number of anilines is 2. The van der Waals surface area contributed by atoms with E-state index in [1.54, 1.807) is 0 Å². The van der Waals surface area contributed by atoms with E-state index in [-0.39, 0.29) is 28.3 Å². The second-order valence-corrected chi connectivity index (χ2v) is 7.20. The third-order valence-corrected chi connectivity index (χ3v) is 5.20. The van der Waals surface area contributed by atoms with Gasteiger partial charge in [0.05, 0.1) is 24.8 Å². The Morgan fingerprint density at radius 2 is 2.14 bits per heavy atom. The average molecular weight is 414 g/mol. The molecule has 3 rings (SSSR count). The Hall–Kier alpha value is -2.69. The highest BCUT2D eigenvalue weighted by Crippen LogP contribution is 2.36. The van der Waals surface area contributed by atoms with E-state index >= 15 is 0 Å². The molecule has 0 spiro atoms. The molecule has 11 heteroatoms. The molecule has 1 atom stereocenters. The summed E-state index contributed by atoms with van der Waals surface area (Å²) in [6, 6.07) is 2.22. The van der Waals surface area contributed by atoms with E-state index in [1.807, 2.05) is 0 Å². The summed E-state index contributed by atoms with van der Waals surface area (Å²) in [5.74, 6) is -1.62. The Morgan fingerprint density at radius 1 is 1.36 bits per heavy atom. The fraction of sp³-hybridized carbons (Fsp3) is 0.412. The van der Waals surface area contributed by atoms with Crippen molar-refractivity contribution in [2.45, 2.75) is 19.0 Å². The van der Waals surface area contributed by atoms with Crippen molar-refractivity contribution in [3.05, 3.63) is 35.0 Å². The second-order valence-electron chi connectivity index (χ2n) is 6.17. The quantitative estimate of drug-likeness (QED) is 0.774. The topological polar surface area (TPSA) is 84.4 Å². The molecule has 1 N–H and O–H groups in total. The first-order valence-electron chi connectivity index (χ1n) is 8.41. The molecule has 2 aromatic heterocycles. The van der Waals surface area contributed by atoms with E-state index in [0.29, 0.717) is 19.4 Å². The summed E-state index contributed by atoms with van der Waals surface area (Å²) in [6.45, 7) is 0.495. The van der Waals surface area contributed by atoms with E-state index in [9.17, 15) is 22.8 Å². The van der Waals surface area contributed by atoms with Crippen molar-refractivity contribution in [1.29, 1.82) is 0 Å². The molecule has 1 fully saturated rings. The maximum absolute atomic E-state index is 13.3. The predicted molar refractivity (Wildman–Crippen MR) is 96.3 cm³/mol.